The molecule has 1 fully saturated rings. The molecule has 0 amide bonds. The molecule has 1 aliphatic rings. The fraction of sp³-hybridized carbons (Fsp3) is 0.583. The molecule has 1 aromatic carbocycles. The first-order valence-corrected chi connectivity index (χ1v) is 10.9. The summed E-state index contributed by atoms with van der Waals surface area (Å²) in [6.45, 7) is 6.97. The topological polar surface area (TPSA) is 45.8 Å². The van der Waals surface area contributed by atoms with Gasteiger partial charge in [0.05, 0.1) is 12.6 Å². The second kappa shape index (κ2) is 10.4. The first-order chi connectivity index (χ1) is 14.0. The minimum atomic E-state index is -0.899. The standard InChI is InChI=1S/C24H34FNO3/c1-3-12-24(27,13-4-2)23-11-10-22(29-23)18-26(17-21-9-6-14-28-21)16-19-7-5-8-20(25)15-19/h5,7-8,10-11,15,21,27H,3-4,6,9,12-14,16-18H2,1-2H3. The van der Waals surface area contributed by atoms with Gasteiger partial charge in [-0.05, 0) is 55.5 Å². The van der Waals surface area contributed by atoms with Crippen molar-refractivity contribution in [3.05, 3.63) is 59.3 Å². The van der Waals surface area contributed by atoms with Crippen molar-refractivity contribution in [2.45, 2.75) is 77.2 Å². The van der Waals surface area contributed by atoms with Crippen molar-refractivity contribution in [1.82, 2.24) is 4.90 Å². The molecule has 1 aliphatic heterocycles. The molecule has 4 nitrogen and oxygen atoms in total. The van der Waals surface area contributed by atoms with E-state index in [0.29, 0.717) is 31.7 Å². The Kier molecular flexibility index (Phi) is 7.87. The maximum atomic E-state index is 13.6. The first kappa shape index (κ1) is 22.0. The molecular formula is C24H34FNO3. The predicted molar refractivity (Wildman–Crippen MR) is 112 cm³/mol. The molecule has 5 heteroatoms. The van der Waals surface area contributed by atoms with Crippen LogP contribution in [0.25, 0.3) is 0 Å². The summed E-state index contributed by atoms with van der Waals surface area (Å²) in [6.07, 6.45) is 5.53. The van der Waals surface area contributed by atoms with Crippen molar-refractivity contribution in [3.63, 3.8) is 0 Å². The zero-order valence-corrected chi connectivity index (χ0v) is 17.7. The van der Waals surface area contributed by atoms with Gasteiger partial charge in [-0.3, -0.25) is 4.90 Å². The van der Waals surface area contributed by atoms with Gasteiger partial charge in [-0.25, -0.2) is 4.39 Å². The molecule has 1 atom stereocenters. The number of aliphatic hydroxyl groups is 1. The predicted octanol–water partition coefficient (Wildman–Crippen LogP) is 5.39. The van der Waals surface area contributed by atoms with Crippen LogP contribution in [-0.2, 0) is 23.4 Å². The van der Waals surface area contributed by atoms with Crippen molar-refractivity contribution in [1.29, 1.82) is 0 Å². The molecule has 160 valence electrons. The number of benzene rings is 1. The largest absolute Gasteiger partial charge is 0.462 e. The van der Waals surface area contributed by atoms with Gasteiger partial charge in [-0.15, -0.1) is 0 Å². The number of nitrogens with zero attached hydrogens (tertiary/aromatic N) is 1. The summed E-state index contributed by atoms with van der Waals surface area (Å²) in [5, 5.41) is 11.1. The van der Waals surface area contributed by atoms with E-state index >= 15 is 0 Å². The lowest BCUT2D eigenvalue weighted by Crippen LogP contribution is -2.31. The highest BCUT2D eigenvalue weighted by atomic mass is 19.1. The van der Waals surface area contributed by atoms with Gasteiger partial charge >= 0.3 is 0 Å². The number of rotatable bonds is 11. The lowest BCUT2D eigenvalue weighted by molar-refractivity contribution is -0.00564. The summed E-state index contributed by atoms with van der Waals surface area (Å²) >= 11 is 0. The van der Waals surface area contributed by atoms with Gasteiger partial charge < -0.3 is 14.3 Å². The van der Waals surface area contributed by atoms with Crippen molar-refractivity contribution in [2.24, 2.45) is 0 Å². The van der Waals surface area contributed by atoms with Crippen molar-refractivity contribution in [3.8, 4) is 0 Å². The van der Waals surface area contributed by atoms with Gasteiger partial charge in [0, 0.05) is 19.7 Å². The van der Waals surface area contributed by atoms with E-state index in [2.05, 4.69) is 18.7 Å². The Labute approximate surface area is 173 Å². The van der Waals surface area contributed by atoms with Crippen molar-refractivity contribution >= 4 is 0 Å². The van der Waals surface area contributed by atoms with Crippen LogP contribution in [0.1, 0.15) is 69.5 Å². The Morgan fingerprint density at radius 3 is 2.59 bits per heavy atom. The average molecular weight is 404 g/mol. The molecule has 29 heavy (non-hydrogen) atoms. The molecule has 0 bridgehead atoms. The van der Waals surface area contributed by atoms with Crippen LogP contribution in [0.4, 0.5) is 4.39 Å². The number of furan rings is 1. The molecule has 2 aromatic rings. The minimum absolute atomic E-state index is 0.204. The van der Waals surface area contributed by atoms with Gasteiger partial charge in [-0.2, -0.15) is 0 Å². The fourth-order valence-electron chi connectivity index (χ4n) is 4.29. The molecule has 2 heterocycles. The first-order valence-electron chi connectivity index (χ1n) is 10.9. The average Bonchev–Trinajstić information content (AvgIpc) is 3.34. The summed E-state index contributed by atoms with van der Waals surface area (Å²) in [6, 6.07) is 10.6. The number of hydrogen-bond donors (Lipinski definition) is 1. The third-order valence-corrected chi connectivity index (χ3v) is 5.61. The highest BCUT2D eigenvalue weighted by Gasteiger charge is 2.31. The maximum Gasteiger partial charge on any atom is 0.135 e. The van der Waals surface area contributed by atoms with Crippen LogP contribution >= 0.6 is 0 Å². The fourth-order valence-corrected chi connectivity index (χ4v) is 4.29. The molecule has 0 saturated carbocycles. The van der Waals surface area contributed by atoms with Crippen LogP contribution in [0.15, 0.2) is 40.8 Å². The van der Waals surface area contributed by atoms with Crippen LogP contribution in [0.5, 0.6) is 0 Å². The van der Waals surface area contributed by atoms with Crippen LogP contribution in [0.3, 0.4) is 0 Å². The smallest absolute Gasteiger partial charge is 0.135 e. The maximum absolute atomic E-state index is 13.6. The summed E-state index contributed by atoms with van der Waals surface area (Å²) in [5.74, 6) is 1.25. The van der Waals surface area contributed by atoms with E-state index in [4.69, 9.17) is 9.15 Å². The second-order valence-electron chi connectivity index (χ2n) is 8.23. The van der Waals surface area contributed by atoms with E-state index in [1.54, 1.807) is 12.1 Å². The molecular weight excluding hydrogens is 369 g/mol. The quantitative estimate of drug-likeness (QED) is 0.547. The zero-order chi connectivity index (χ0) is 20.7. The summed E-state index contributed by atoms with van der Waals surface area (Å²) in [7, 11) is 0. The number of hydrogen-bond acceptors (Lipinski definition) is 4. The van der Waals surface area contributed by atoms with E-state index < -0.39 is 5.60 Å². The molecule has 1 unspecified atom stereocenters. The lowest BCUT2D eigenvalue weighted by atomic mass is 9.90. The Morgan fingerprint density at radius 1 is 1.14 bits per heavy atom. The third kappa shape index (κ3) is 6.14. The van der Waals surface area contributed by atoms with E-state index in [-0.39, 0.29) is 11.9 Å². The number of halogens is 1. The van der Waals surface area contributed by atoms with Crippen molar-refractivity contribution < 1.29 is 18.7 Å². The zero-order valence-electron chi connectivity index (χ0n) is 17.7. The highest BCUT2D eigenvalue weighted by molar-refractivity contribution is 5.17. The molecule has 1 N–H and O–H groups in total. The van der Waals surface area contributed by atoms with E-state index in [9.17, 15) is 9.50 Å². The van der Waals surface area contributed by atoms with E-state index in [1.807, 2.05) is 18.2 Å². The molecule has 1 saturated heterocycles. The van der Waals surface area contributed by atoms with Gasteiger partial charge in [0.2, 0.25) is 0 Å². The normalized spacial score (nSPS) is 17.3. The van der Waals surface area contributed by atoms with Gasteiger partial charge in [-0.1, -0.05) is 38.8 Å². The third-order valence-electron chi connectivity index (χ3n) is 5.61. The molecule has 3 rings (SSSR count). The molecule has 0 radical (unpaired) electrons. The van der Waals surface area contributed by atoms with Gasteiger partial charge in [0.25, 0.3) is 0 Å². The van der Waals surface area contributed by atoms with Crippen LogP contribution in [0, 0.1) is 5.82 Å². The van der Waals surface area contributed by atoms with Gasteiger partial charge in [0.15, 0.2) is 0 Å². The minimum Gasteiger partial charge on any atom is -0.462 e. The Bertz CT molecular complexity index is 748. The summed E-state index contributed by atoms with van der Waals surface area (Å²) in [5.41, 5.74) is 0.0345. The van der Waals surface area contributed by atoms with Crippen LogP contribution in [0.2, 0.25) is 0 Å². The Hall–Kier alpha value is -1.69. The lowest BCUT2D eigenvalue weighted by Gasteiger charge is -2.26. The SMILES string of the molecule is CCCC(O)(CCC)c1ccc(CN(Cc2cccc(F)c2)CC2CCCO2)o1. The van der Waals surface area contributed by atoms with Crippen LogP contribution in [-0.4, -0.2) is 29.3 Å². The van der Waals surface area contributed by atoms with Gasteiger partial charge in [0.1, 0.15) is 22.9 Å². The highest BCUT2D eigenvalue weighted by Crippen LogP contribution is 2.33. The van der Waals surface area contributed by atoms with E-state index in [0.717, 1.165) is 50.2 Å². The summed E-state index contributed by atoms with van der Waals surface area (Å²) < 4.78 is 25.6. The second-order valence-corrected chi connectivity index (χ2v) is 8.23. The Balaban J connectivity index is 1.73. The van der Waals surface area contributed by atoms with Crippen LogP contribution < -0.4 is 0 Å². The van der Waals surface area contributed by atoms with Crippen molar-refractivity contribution in [2.75, 3.05) is 13.2 Å². The summed E-state index contributed by atoms with van der Waals surface area (Å²) in [4.78, 5) is 2.24. The molecule has 0 spiro atoms. The van der Waals surface area contributed by atoms with E-state index in [1.165, 1.54) is 6.07 Å². The Morgan fingerprint density at radius 2 is 1.93 bits per heavy atom. The number of ether oxygens (including phenoxy) is 1. The molecule has 1 aromatic heterocycles. The molecule has 0 aliphatic carbocycles. The monoisotopic (exact) mass is 403 g/mol.